The van der Waals surface area contributed by atoms with Gasteiger partial charge in [-0.1, -0.05) is 5.16 Å². The molecule has 10 nitrogen and oxygen atoms in total. The molecule has 3 rings (SSSR count). The molecule has 1 aromatic carbocycles. The van der Waals surface area contributed by atoms with Gasteiger partial charge in [-0.05, 0) is 12.1 Å². The molecule has 0 unspecified atom stereocenters. The zero-order valence-corrected chi connectivity index (χ0v) is 11.6. The van der Waals surface area contributed by atoms with Gasteiger partial charge in [0.15, 0.2) is 5.69 Å². The van der Waals surface area contributed by atoms with Crippen LogP contribution in [0.3, 0.4) is 0 Å². The van der Waals surface area contributed by atoms with E-state index >= 15 is 0 Å². The van der Waals surface area contributed by atoms with Crippen molar-refractivity contribution in [2.45, 2.75) is 0 Å². The summed E-state index contributed by atoms with van der Waals surface area (Å²) in [6.45, 7) is 0. The maximum atomic E-state index is 13.9. The van der Waals surface area contributed by atoms with Gasteiger partial charge in [0.05, 0.1) is 15.4 Å². The minimum absolute atomic E-state index is 0.164. The van der Waals surface area contributed by atoms with Crippen molar-refractivity contribution in [3.63, 3.8) is 0 Å². The number of non-ortho nitro benzene ring substituents is 1. The minimum Gasteiger partial charge on any atom is -0.333 e. The first-order chi connectivity index (χ1) is 11.5. The minimum atomic E-state index is -0.814. The SMILES string of the molecule is O=[N+]([O-])c1ccc(F)c(-c2nc(-c3ncccc3[N+](=O)[O-])no2)c1. The lowest BCUT2D eigenvalue weighted by Gasteiger charge is -1.97. The van der Waals surface area contributed by atoms with E-state index in [0.29, 0.717) is 0 Å². The van der Waals surface area contributed by atoms with E-state index in [1.807, 2.05) is 0 Å². The van der Waals surface area contributed by atoms with Crippen LogP contribution in [0.2, 0.25) is 0 Å². The number of hydrogen-bond donors (Lipinski definition) is 0. The predicted molar refractivity (Wildman–Crippen MR) is 76.2 cm³/mol. The molecular weight excluding hydrogens is 325 g/mol. The Morgan fingerprint density at radius 1 is 1.12 bits per heavy atom. The van der Waals surface area contributed by atoms with Crippen molar-refractivity contribution >= 4 is 11.4 Å². The highest BCUT2D eigenvalue weighted by atomic mass is 19.1. The molecule has 0 aliphatic carbocycles. The lowest BCUT2D eigenvalue weighted by atomic mass is 10.2. The van der Waals surface area contributed by atoms with Crippen LogP contribution in [0.15, 0.2) is 41.1 Å². The van der Waals surface area contributed by atoms with Crippen molar-refractivity contribution in [1.29, 1.82) is 0 Å². The van der Waals surface area contributed by atoms with Crippen molar-refractivity contribution in [1.82, 2.24) is 15.1 Å². The monoisotopic (exact) mass is 331 g/mol. The Morgan fingerprint density at radius 2 is 1.92 bits per heavy atom. The Labute approximate surface area is 131 Å². The fourth-order valence-corrected chi connectivity index (χ4v) is 1.94. The Hall–Kier alpha value is -3.76. The molecule has 11 heteroatoms. The number of hydrogen-bond acceptors (Lipinski definition) is 8. The maximum absolute atomic E-state index is 13.9. The van der Waals surface area contributed by atoms with E-state index in [2.05, 4.69) is 15.1 Å². The zero-order valence-electron chi connectivity index (χ0n) is 11.6. The molecule has 120 valence electrons. The highest BCUT2D eigenvalue weighted by Crippen LogP contribution is 2.29. The van der Waals surface area contributed by atoms with Gasteiger partial charge in [0.1, 0.15) is 5.82 Å². The van der Waals surface area contributed by atoms with Gasteiger partial charge < -0.3 is 4.52 Å². The number of nitro benzene ring substituents is 1. The largest absolute Gasteiger partial charge is 0.333 e. The summed E-state index contributed by atoms with van der Waals surface area (Å²) in [5, 5.41) is 25.3. The van der Waals surface area contributed by atoms with Gasteiger partial charge in [0.2, 0.25) is 5.82 Å². The van der Waals surface area contributed by atoms with Gasteiger partial charge in [0, 0.05) is 24.4 Å². The van der Waals surface area contributed by atoms with Crippen molar-refractivity contribution in [3.8, 4) is 23.0 Å². The molecular formula is C13H6FN5O5. The molecule has 2 aromatic heterocycles. The maximum Gasteiger partial charge on any atom is 0.298 e. The molecule has 0 saturated heterocycles. The highest BCUT2D eigenvalue weighted by Gasteiger charge is 2.23. The molecule has 0 spiro atoms. The molecule has 0 amide bonds. The van der Waals surface area contributed by atoms with Gasteiger partial charge in [-0.3, -0.25) is 20.2 Å². The molecule has 3 aromatic rings. The van der Waals surface area contributed by atoms with Gasteiger partial charge >= 0.3 is 0 Å². The summed E-state index contributed by atoms with van der Waals surface area (Å²) in [6, 6.07) is 5.37. The Bertz CT molecular complexity index is 957. The molecule has 0 atom stereocenters. The van der Waals surface area contributed by atoms with Crippen molar-refractivity contribution in [2.75, 3.05) is 0 Å². The standard InChI is InChI=1S/C13H6FN5O5/c14-9-4-3-7(18(20)21)6-8(9)13-16-12(17-24-13)11-10(19(22)23)2-1-5-15-11/h1-6H. The van der Waals surface area contributed by atoms with E-state index < -0.39 is 15.7 Å². The lowest BCUT2D eigenvalue weighted by Crippen LogP contribution is -1.95. The topological polar surface area (TPSA) is 138 Å². The second-order valence-electron chi connectivity index (χ2n) is 4.47. The molecule has 24 heavy (non-hydrogen) atoms. The van der Waals surface area contributed by atoms with Crippen LogP contribution in [0.25, 0.3) is 23.0 Å². The van der Waals surface area contributed by atoms with Crippen LogP contribution in [0, 0.1) is 26.0 Å². The third-order valence-corrected chi connectivity index (χ3v) is 3.01. The first-order valence-corrected chi connectivity index (χ1v) is 6.35. The molecule has 0 aliphatic rings. The highest BCUT2D eigenvalue weighted by molar-refractivity contribution is 5.65. The fraction of sp³-hybridized carbons (Fsp3) is 0. The molecule has 0 bridgehead atoms. The molecule has 0 saturated carbocycles. The van der Waals surface area contributed by atoms with E-state index in [-0.39, 0.29) is 34.3 Å². The lowest BCUT2D eigenvalue weighted by molar-refractivity contribution is -0.384. The van der Waals surface area contributed by atoms with Crippen molar-refractivity contribution in [3.05, 3.63) is 62.6 Å². The normalized spacial score (nSPS) is 10.5. The Balaban J connectivity index is 2.08. The summed E-state index contributed by atoms with van der Waals surface area (Å²) in [5.74, 6) is -1.40. The van der Waals surface area contributed by atoms with E-state index in [4.69, 9.17) is 4.52 Å². The van der Waals surface area contributed by atoms with Crippen LogP contribution < -0.4 is 0 Å². The number of rotatable bonds is 4. The van der Waals surface area contributed by atoms with E-state index in [9.17, 15) is 24.6 Å². The van der Waals surface area contributed by atoms with Crippen molar-refractivity contribution < 1.29 is 18.8 Å². The average molecular weight is 331 g/mol. The summed E-state index contributed by atoms with van der Waals surface area (Å²) < 4.78 is 18.7. The van der Waals surface area contributed by atoms with Crippen LogP contribution in [-0.4, -0.2) is 25.0 Å². The van der Waals surface area contributed by atoms with Crippen LogP contribution >= 0.6 is 0 Å². The van der Waals surface area contributed by atoms with Gasteiger partial charge in [-0.2, -0.15) is 4.98 Å². The van der Waals surface area contributed by atoms with Crippen LogP contribution in [0.4, 0.5) is 15.8 Å². The molecule has 0 aliphatic heterocycles. The van der Waals surface area contributed by atoms with Gasteiger partial charge in [-0.15, -0.1) is 0 Å². The number of benzene rings is 1. The summed E-state index contributed by atoms with van der Waals surface area (Å²) in [7, 11) is 0. The van der Waals surface area contributed by atoms with Gasteiger partial charge in [0.25, 0.3) is 17.3 Å². The van der Waals surface area contributed by atoms with E-state index in [0.717, 1.165) is 18.2 Å². The summed E-state index contributed by atoms with van der Waals surface area (Å²) in [5.41, 5.74) is -1.18. The van der Waals surface area contributed by atoms with E-state index in [1.54, 1.807) is 0 Å². The fourth-order valence-electron chi connectivity index (χ4n) is 1.94. The average Bonchev–Trinajstić information content (AvgIpc) is 3.04. The summed E-state index contributed by atoms with van der Waals surface area (Å²) in [6.07, 6.45) is 1.30. The summed E-state index contributed by atoms with van der Waals surface area (Å²) in [4.78, 5) is 28.0. The van der Waals surface area contributed by atoms with Crippen molar-refractivity contribution in [2.24, 2.45) is 0 Å². The molecule has 2 heterocycles. The van der Waals surface area contributed by atoms with Gasteiger partial charge in [-0.25, -0.2) is 9.37 Å². The summed E-state index contributed by atoms with van der Waals surface area (Å²) >= 11 is 0. The Kier molecular flexibility index (Phi) is 3.66. The Morgan fingerprint density at radius 3 is 2.62 bits per heavy atom. The van der Waals surface area contributed by atoms with E-state index in [1.165, 1.54) is 18.3 Å². The number of pyridine rings is 1. The predicted octanol–water partition coefficient (Wildman–Crippen LogP) is 2.75. The number of aromatic nitrogens is 3. The zero-order chi connectivity index (χ0) is 17.3. The quantitative estimate of drug-likeness (QED) is 0.525. The third kappa shape index (κ3) is 2.65. The number of nitro groups is 2. The van der Waals surface area contributed by atoms with Crippen LogP contribution in [0.1, 0.15) is 0 Å². The second kappa shape index (κ2) is 5.79. The third-order valence-electron chi connectivity index (χ3n) is 3.01. The molecule has 0 fully saturated rings. The van der Waals surface area contributed by atoms with Crippen LogP contribution in [0.5, 0.6) is 0 Å². The number of nitrogens with zero attached hydrogens (tertiary/aromatic N) is 5. The first-order valence-electron chi connectivity index (χ1n) is 6.35. The smallest absolute Gasteiger partial charge is 0.298 e. The number of halogens is 1. The van der Waals surface area contributed by atoms with Crippen LogP contribution in [-0.2, 0) is 0 Å². The second-order valence-corrected chi connectivity index (χ2v) is 4.47. The molecule has 0 radical (unpaired) electrons. The molecule has 0 N–H and O–H groups in total. The first kappa shape index (κ1) is 15.1.